The standard InChI is InChI=1S/C22H36N4O4/c1-9-23-18(26-20(28)30-22(6,7)8)25-17-12-10-11-16(15(17)2)13-14-24-19(27)29-21(3,4)5/h10-12H,9,13-14H2,1-8H3,(H,24,27)(H2,23,25,26,28). The highest BCUT2D eigenvalue weighted by Crippen LogP contribution is 2.19. The minimum absolute atomic E-state index is 0.318. The molecule has 0 spiro atoms. The summed E-state index contributed by atoms with van der Waals surface area (Å²) in [6.45, 7) is 15.7. The second-order valence-electron chi connectivity index (χ2n) is 8.84. The topological polar surface area (TPSA) is 101 Å². The van der Waals surface area contributed by atoms with Crippen LogP contribution in [0.5, 0.6) is 0 Å². The number of aliphatic imine (C=N–C) groups is 1. The molecule has 1 aromatic carbocycles. The van der Waals surface area contributed by atoms with Crippen LogP contribution in [0.4, 0.5) is 15.3 Å². The third kappa shape index (κ3) is 10.1. The van der Waals surface area contributed by atoms with Gasteiger partial charge in [0.2, 0.25) is 5.96 Å². The number of carbonyl (C=O) groups excluding carboxylic acids is 2. The molecule has 1 aromatic rings. The van der Waals surface area contributed by atoms with Crippen molar-refractivity contribution in [1.82, 2.24) is 10.6 Å². The van der Waals surface area contributed by atoms with E-state index in [2.05, 4.69) is 20.9 Å². The molecule has 0 fully saturated rings. The van der Waals surface area contributed by atoms with Gasteiger partial charge in [-0.05, 0) is 79.0 Å². The van der Waals surface area contributed by atoms with Gasteiger partial charge in [0, 0.05) is 18.8 Å². The number of guanidine groups is 1. The lowest BCUT2D eigenvalue weighted by molar-refractivity contribution is 0.0525. The number of anilines is 1. The van der Waals surface area contributed by atoms with Crippen molar-refractivity contribution in [2.24, 2.45) is 4.99 Å². The summed E-state index contributed by atoms with van der Waals surface area (Å²) in [6, 6.07) is 5.81. The van der Waals surface area contributed by atoms with Crippen molar-refractivity contribution in [3.63, 3.8) is 0 Å². The Kier molecular flexibility index (Phi) is 9.14. The molecule has 0 heterocycles. The number of amides is 2. The van der Waals surface area contributed by atoms with Crippen LogP contribution in [-0.2, 0) is 15.9 Å². The second kappa shape index (κ2) is 10.8. The lowest BCUT2D eigenvalue weighted by Gasteiger charge is -2.21. The van der Waals surface area contributed by atoms with Gasteiger partial charge in [-0.1, -0.05) is 12.1 Å². The van der Waals surface area contributed by atoms with Crippen molar-refractivity contribution in [2.75, 3.05) is 18.4 Å². The van der Waals surface area contributed by atoms with E-state index in [0.29, 0.717) is 25.5 Å². The first kappa shape index (κ1) is 25.3. The maximum Gasteiger partial charge on any atom is 0.414 e. The van der Waals surface area contributed by atoms with Gasteiger partial charge >= 0.3 is 12.2 Å². The fraction of sp³-hybridized carbons (Fsp3) is 0.591. The number of nitrogens with one attached hydrogen (secondary N) is 3. The third-order valence-corrected chi connectivity index (χ3v) is 3.70. The summed E-state index contributed by atoms with van der Waals surface area (Å²) in [5, 5.41) is 8.58. The van der Waals surface area contributed by atoms with E-state index in [0.717, 1.165) is 16.8 Å². The second-order valence-corrected chi connectivity index (χ2v) is 8.84. The molecule has 168 valence electrons. The minimum atomic E-state index is -0.599. The molecular formula is C22H36N4O4. The summed E-state index contributed by atoms with van der Waals surface area (Å²) in [5.74, 6) is 0.318. The number of nitrogens with zero attached hydrogens (tertiary/aromatic N) is 1. The fourth-order valence-electron chi connectivity index (χ4n) is 2.50. The lowest BCUT2D eigenvalue weighted by atomic mass is 10.0. The molecule has 0 bridgehead atoms. The van der Waals surface area contributed by atoms with Crippen molar-refractivity contribution in [3.05, 3.63) is 29.3 Å². The van der Waals surface area contributed by atoms with E-state index in [1.807, 2.05) is 52.8 Å². The molecule has 0 atom stereocenters. The Morgan fingerprint density at radius 2 is 1.60 bits per heavy atom. The molecule has 0 radical (unpaired) electrons. The zero-order chi connectivity index (χ0) is 22.9. The molecule has 1 rings (SSSR count). The van der Waals surface area contributed by atoms with Crippen LogP contribution in [0.3, 0.4) is 0 Å². The number of ether oxygens (including phenoxy) is 2. The zero-order valence-corrected chi connectivity index (χ0v) is 19.4. The molecule has 8 heteroatoms. The van der Waals surface area contributed by atoms with Crippen molar-refractivity contribution in [1.29, 1.82) is 0 Å². The van der Waals surface area contributed by atoms with E-state index >= 15 is 0 Å². The summed E-state index contributed by atoms with van der Waals surface area (Å²) in [7, 11) is 0. The van der Waals surface area contributed by atoms with Crippen molar-refractivity contribution in [2.45, 2.75) is 73.0 Å². The van der Waals surface area contributed by atoms with Gasteiger partial charge in [-0.15, -0.1) is 0 Å². The third-order valence-electron chi connectivity index (χ3n) is 3.70. The maximum atomic E-state index is 12.1. The van der Waals surface area contributed by atoms with Crippen LogP contribution in [0.15, 0.2) is 23.2 Å². The van der Waals surface area contributed by atoms with Crippen molar-refractivity contribution >= 4 is 23.8 Å². The highest BCUT2D eigenvalue weighted by molar-refractivity contribution is 6.02. The normalized spacial score (nSPS) is 12.2. The molecule has 0 unspecified atom stereocenters. The van der Waals surface area contributed by atoms with E-state index in [4.69, 9.17) is 9.47 Å². The smallest absolute Gasteiger partial charge is 0.414 e. The lowest BCUT2D eigenvalue weighted by Crippen LogP contribution is -2.40. The van der Waals surface area contributed by atoms with E-state index in [9.17, 15) is 9.59 Å². The van der Waals surface area contributed by atoms with Crippen molar-refractivity contribution in [3.8, 4) is 0 Å². The van der Waals surface area contributed by atoms with E-state index in [-0.39, 0.29) is 0 Å². The number of alkyl carbamates (subject to hydrolysis) is 2. The van der Waals surface area contributed by atoms with Gasteiger partial charge in [0.1, 0.15) is 11.2 Å². The SMILES string of the molecule is CC/N=C(/NC(=O)OC(C)(C)C)Nc1cccc(CCNC(=O)OC(C)(C)C)c1C. The predicted octanol–water partition coefficient (Wildman–Crippen LogP) is 4.37. The number of carbonyl (C=O) groups is 2. The molecule has 0 aliphatic carbocycles. The van der Waals surface area contributed by atoms with E-state index in [1.165, 1.54) is 0 Å². The minimum Gasteiger partial charge on any atom is -0.444 e. The first-order chi connectivity index (χ1) is 13.8. The first-order valence-electron chi connectivity index (χ1n) is 10.2. The number of rotatable bonds is 5. The van der Waals surface area contributed by atoms with Gasteiger partial charge in [0.05, 0.1) is 0 Å². The van der Waals surface area contributed by atoms with Crippen molar-refractivity contribution < 1.29 is 19.1 Å². The average Bonchev–Trinajstić information content (AvgIpc) is 2.55. The Morgan fingerprint density at radius 3 is 2.17 bits per heavy atom. The van der Waals surface area contributed by atoms with Gasteiger partial charge in [-0.2, -0.15) is 0 Å². The molecule has 0 aromatic heterocycles. The molecule has 0 saturated heterocycles. The quantitative estimate of drug-likeness (QED) is 0.485. The van der Waals surface area contributed by atoms with Crippen LogP contribution in [0.2, 0.25) is 0 Å². The van der Waals surface area contributed by atoms with Crippen LogP contribution < -0.4 is 16.0 Å². The summed E-state index contributed by atoms with van der Waals surface area (Å²) in [4.78, 5) is 28.2. The highest BCUT2D eigenvalue weighted by atomic mass is 16.6. The molecule has 0 aliphatic heterocycles. The molecule has 0 aliphatic rings. The Morgan fingerprint density at radius 1 is 1.00 bits per heavy atom. The highest BCUT2D eigenvalue weighted by Gasteiger charge is 2.18. The largest absolute Gasteiger partial charge is 0.444 e. The molecular weight excluding hydrogens is 384 g/mol. The van der Waals surface area contributed by atoms with Gasteiger partial charge in [-0.25, -0.2) is 9.59 Å². The van der Waals surface area contributed by atoms with Crippen LogP contribution in [0, 0.1) is 6.92 Å². The van der Waals surface area contributed by atoms with Gasteiger partial charge < -0.3 is 20.1 Å². The molecule has 30 heavy (non-hydrogen) atoms. The zero-order valence-electron chi connectivity index (χ0n) is 19.4. The summed E-state index contributed by atoms with van der Waals surface area (Å²) in [6.07, 6.45) is -0.369. The Hall–Kier alpha value is -2.77. The monoisotopic (exact) mass is 420 g/mol. The Balaban J connectivity index is 2.77. The molecule has 8 nitrogen and oxygen atoms in total. The Labute approximate surface area is 179 Å². The average molecular weight is 421 g/mol. The summed E-state index contributed by atoms with van der Waals surface area (Å²) >= 11 is 0. The van der Waals surface area contributed by atoms with Crippen LogP contribution in [-0.4, -0.2) is 42.4 Å². The molecule has 0 saturated carbocycles. The van der Waals surface area contributed by atoms with E-state index < -0.39 is 23.4 Å². The Bertz CT molecular complexity index is 761. The van der Waals surface area contributed by atoms with Gasteiger partial charge in [-0.3, -0.25) is 10.3 Å². The predicted molar refractivity (Wildman–Crippen MR) is 120 cm³/mol. The fourth-order valence-corrected chi connectivity index (χ4v) is 2.50. The van der Waals surface area contributed by atoms with Crippen LogP contribution in [0.1, 0.15) is 59.6 Å². The maximum absolute atomic E-state index is 12.1. The van der Waals surface area contributed by atoms with E-state index in [1.54, 1.807) is 20.8 Å². The molecule has 3 N–H and O–H groups in total. The number of hydrogen-bond donors (Lipinski definition) is 3. The summed E-state index contributed by atoms with van der Waals surface area (Å²) < 4.78 is 10.5. The first-order valence-corrected chi connectivity index (χ1v) is 10.2. The summed E-state index contributed by atoms with van der Waals surface area (Å²) in [5.41, 5.74) is 1.74. The van der Waals surface area contributed by atoms with Crippen LogP contribution >= 0.6 is 0 Å². The van der Waals surface area contributed by atoms with Gasteiger partial charge in [0.25, 0.3) is 0 Å². The number of hydrogen-bond acceptors (Lipinski definition) is 5. The number of benzene rings is 1. The van der Waals surface area contributed by atoms with Gasteiger partial charge in [0.15, 0.2) is 0 Å². The molecule has 2 amide bonds. The van der Waals surface area contributed by atoms with Crippen LogP contribution in [0.25, 0.3) is 0 Å².